The molecule has 0 aliphatic carbocycles. The van der Waals surface area contributed by atoms with Gasteiger partial charge in [0.1, 0.15) is 0 Å². The monoisotopic (exact) mass is 353 g/mol. The molecule has 0 radical (unpaired) electrons. The molecule has 24 heavy (non-hydrogen) atoms. The molecule has 1 aliphatic heterocycles. The molecule has 1 aromatic carbocycles. The SMILES string of the molecule is CCc1ccc(S(C)(=O)=O)cc1C(=O)N1CCC(CC(=O)O)CC1. The van der Waals surface area contributed by atoms with E-state index in [4.69, 9.17) is 5.11 Å². The van der Waals surface area contributed by atoms with E-state index in [0.29, 0.717) is 37.9 Å². The predicted molar refractivity (Wildman–Crippen MR) is 89.8 cm³/mol. The van der Waals surface area contributed by atoms with Gasteiger partial charge in [-0.05, 0) is 42.9 Å². The first-order valence-electron chi connectivity index (χ1n) is 8.06. The van der Waals surface area contributed by atoms with Crippen molar-refractivity contribution in [3.63, 3.8) is 0 Å². The molecular formula is C17H23NO5S. The summed E-state index contributed by atoms with van der Waals surface area (Å²) in [5.74, 6) is -0.889. The van der Waals surface area contributed by atoms with Crippen molar-refractivity contribution < 1.29 is 23.1 Å². The van der Waals surface area contributed by atoms with Crippen molar-refractivity contribution in [2.24, 2.45) is 5.92 Å². The lowest BCUT2D eigenvalue weighted by Crippen LogP contribution is -2.39. The molecule has 0 saturated carbocycles. The maximum atomic E-state index is 12.8. The Morgan fingerprint density at radius 2 is 1.88 bits per heavy atom. The van der Waals surface area contributed by atoms with E-state index in [1.807, 2.05) is 6.92 Å². The second kappa shape index (κ2) is 7.34. The van der Waals surface area contributed by atoms with Crippen molar-refractivity contribution in [2.45, 2.75) is 37.5 Å². The summed E-state index contributed by atoms with van der Waals surface area (Å²) < 4.78 is 23.5. The predicted octanol–water partition coefficient (Wildman–Crippen LogP) is 1.98. The minimum atomic E-state index is -3.37. The van der Waals surface area contributed by atoms with Crippen molar-refractivity contribution in [1.82, 2.24) is 4.90 Å². The first kappa shape index (κ1) is 18.4. The Bertz CT molecular complexity index is 733. The summed E-state index contributed by atoms with van der Waals surface area (Å²) in [6.07, 6.45) is 3.21. The molecule has 7 heteroatoms. The smallest absolute Gasteiger partial charge is 0.303 e. The van der Waals surface area contributed by atoms with Gasteiger partial charge in [-0.25, -0.2) is 8.42 Å². The molecule has 1 N–H and O–H groups in total. The number of carboxylic acid groups (broad SMARTS) is 1. The summed E-state index contributed by atoms with van der Waals surface area (Å²) in [6, 6.07) is 4.69. The number of hydrogen-bond donors (Lipinski definition) is 1. The summed E-state index contributed by atoms with van der Waals surface area (Å²) in [4.78, 5) is 25.4. The average Bonchev–Trinajstić information content (AvgIpc) is 2.53. The summed E-state index contributed by atoms with van der Waals surface area (Å²) in [5.41, 5.74) is 1.25. The number of benzene rings is 1. The first-order valence-corrected chi connectivity index (χ1v) is 9.95. The fraction of sp³-hybridized carbons (Fsp3) is 0.529. The van der Waals surface area contributed by atoms with Gasteiger partial charge in [0.25, 0.3) is 5.91 Å². The van der Waals surface area contributed by atoms with Gasteiger partial charge < -0.3 is 10.0 Å². The fourth-order valence-corrected chi connectivity index (χ4v) is 3.70. The molecule has 1 aliphatic rings. The zero-order chi connectivity index (χ0) is 17.9. The standard InChI is InChI=1S/C17H23NO5S/c1-3-13-4-5-14(24(2,22)23)11-15(13)17(21)18-8-6-12(7-9-18)10-16(19)20/h4-5,11-12H,3,6-10H2,1-2H3,(H,19,20). The van der Waals surface area contributed by atoms with Crippen LogP contribution in [0.5, 0.6) is 0 Å². The lowest BCUT2D eigenvalue weighted by Gasteiger charge is -2.32. The summed E-state index contributed by atoms with van der Waals surface area (Å²) in [5, 5.41) is 8.86. The molecular weight excluding hydrogens is 330 g/mol. The molecule has 1 fully saturated rings. The summed E-state index contributed by atoms with van der Waals surface area (Å²) in [6.45, 7) is 2.93. The number of aliphatic carboxylic acids is 1. The van der Waals surface area contributed by atoms with Gasteiger partial charge in [-0.2, -0.15) is 0 Å². The van der Waals surface area contributed by atoms with Crippen LogP contribution in [-0.4, -0.2) is 49.6 Å². The highest BCUT2D eigenvalue weighted by Crippen LogP contribution is 2.24. The minimum Gasteiger partial charge on any atom is -0.481 e. The lowest BCUT2D eigenvalue weighted by atomic mass is 9.93. The van der Waals surface area contributed by atoms with E-state index in [2.05, 4.69) is 0 Å². The number of piperidine rings is 1. The number of carbonyl (C=O) groups is 2. The number of carbonyl (C=O) groups excluding carboxylic acids is 1. The van der Waals surface area contributed by atoms with Crippen molar-refractivity contribution in [3.8, 4) is 0 Å². The van der Waals surface area contributed by atoms with Crippen LogP contribution in [0.1, 0.15) is 42.1 Å². The number of carboxylic acids is 1. The van der Waals surface area contributed by atoms with Gasteiger partial charge in [0.15, 0.2) is 9.84 Å². The van der Waals surface area contributed by atoms with Crippen molar-refractivity contribution in [3.05, 3.63) is 29.3 Å². The minimum absolute atomic E-state index is 0.0968. The lowest BCUT2D eigenvalue weighted by molar-refractivity contribution is -0.138. The number of sulfone groups is 1. The zero-order valence-corrected chi connectivity index (χ0v) is 14.8. The van der Waals surface area contributed by atoms with Crippen LogP contribution in [0, 0.1) is 5.92 Å². The van der Waals surface area contributed by atoms with Crippen LogP contribution in [0.15, 0.2) is 23.1 Å². The number of hydrogen-bond acceptors (Lipinski definition) is 4. The van der Waals surface area contributed by atoms with Crippen LogP contribution in [0.25, 0.3) is 0 Å². The van der Waals surface area contributed by atoms with Gasteiger partial charge >= 0.3 is 5.97 Å². The number of amides is 1. The van der Waals surface area contributed by atoms with Crippen molar-refractivity contribution in [2.75, 3.05) is 19.3 Å². The van der Waals surface area contributed by atoms with Crippen molar-refractivity contribution >= 4 is 21.7 Å². The Hall–Kier alpha value is -1.89. The van der Waals surface area contributed by atoms with Gasteiger partial charge in [0, 0.05) is 31.3 Å². The maximum Gasteiger partial charge on any atom is 0.303 e. The van der Waals surface area contributed by atoms with Gasteiger partial charge in [-0.3, -0.25) is 9.59 Å². The second-order valence-electron chi connectivity index (χ2n) is 6.28. The van der Waals surface area contributed by atoms with Crippen molar-refractivity contribution in [1.29, 1.82) is 0 Å². The molecule has 6 nitrogen and oxygen atoms in total. The molecule has 0 atom stereocenters. The Labute approximate surface area is 142 Å². The zero-order valence-electron chi connectivity index (χ0n) is 14.0. The Morgan fingerprint density at radius 1 is 1.25 bits per heavy atom. The van der Waals surface area contributed by atoms with Crippen LogP contribution in [-0.2, 0) is 21.1 Å². The van der Waals surface area contributed by atoms with E-state index < -0.39 is 15.8 Å². The second-order valence-corrected chi connectivity index (χ2v) is 8.29. The third-order valence-corrected chi connectivity index (χ3v) is 5.60. The maximum absolute atomic E-state index is 12.8. The van der Waals surface area contributed by atoms with Crippen LogP contribution >= 0.6 is 0 Å². The highest BCUT2D eigenvalue weighted by molar-refractivity contribution is 7.90. The molecule has 0 bridgehead atoms. The first-order chi connectivity index (χ1) is 11.2. The molecule has 132 valence electrons. The average molecular weight is 353 g/mol. The van der Waals surface area contributed by atoms with Gasteiger partial charge in [-0.15, -0.1) is 0 Å². The molecule has 1 aromatic rings. The Balaban J connectivity index is 2.19. The number of rotatable bonds is 5. The van der Waals surface area contributed by atoms with E-state index in [1.54, 1.807) is 11.0 Å². The fourth-order valence-electron chi connectivity index (χ4n) is 3.05. The molecule has 1 saturated heterocycles. The number of nitrogens with zero attached hydrogens (tertiary/aromatic N) is 1. The van der Waals surface area contributed by atoms with E-state index in [-0.39, 0.29) is 23.1 Å². The normalized spacial score (nSPS) is 16.2. The third kappa shape index (κ3) is 4.35. The van der Waals surface area contributed by atoms with E-state index in [9.17, 15) is 18.0 Å². The number of likely N-dealkylation sites (tertiary alicyclic amines) is 1. The summed E-state index contributed by atoms with van der Waals surface area (Å²) in [7, 11) is -3.37. The van der Waals surface area contributed by atoms with Crippen LogP contribution in [0.3, 0.4) is 0 Å². The quantitative estimate of drug-likeness (QED) is 0.874. The molecule has 0 aromatic heterocycles. The number of aryl methyl sites for hydroxylation is 1. The summed E-state index contributed by atoms with van der Waals surface area (Å²) >= 11 is 0. The molecule has 1 heterocycles. The van der Waals surface area contributed by atoms with E-state index in [0.717, 1.165) is 11.8 Å². The molecule has 2 rings (SSSR count). The molecule has 0 unspecified atom stereocenters. The highest BCUT2D eigenvalue weighted by Gasteiger charge is 2.26. The van der Waals surface area contributed by atoms with E-state index in [1.165, 1.54) is 12.1 Å². The Morgan fingerprint density at radius 3 is 2.38 bits per heavy atom. The Kier molecular flexibility index (Phi) is 5.64. The molecule has 0 spiro atoms. The van der Waals surface area contributed by atoms with E-state index >= 15 is 0 Å². The largest absolute Gasteiger partial charge is 0.481 e. The highest BCUT2D eigenvalue weighted by atomic mass is 32.2. The molecule has 1 amide bonds. The van der Waals surface area contributed by atoms with Crippen LogP contribution in [0.2, 0.25) is 0 Å². The van der Waals surface area contributed by atoms with Gasteiger partial charge in [0.05, 0.1) is 4.90 Å². The third-order valence-electron chi connectivity index (χ3n) is 4.49. The van der Waals surface area contributed by atoms with Crippen LogP contribution < -0.4 is 0 Å². The van der Waals surface area contributed by atoms with Crippen LogP contribution in [0.4, 0.5) is 0 Å². The van der Waals surface area contributed by atoms with Gasteiger partial charge in [0.2, 0.25) is 0 Å². The van der Waals surface area contributed by atoms with Gasteiger partial charge in [-0.1, -0.05) is 13.0 Å². The topological polar surface area (TPSA) is 91.8 Å².